The summed E-state index contributed by atoms with van der Waals surface area (Å²) in [6.45, 7) is 2.12. The number of nitrogens with zero attached hydrogens (tertiary/aromatic N) is 3. The largest absolute Gasteiger partial charge is 0.441 e. The fourth-order valence-electron chi connectivity index (χ4n) is 3.63. The standard InChI is InChI=1S/C21H21N3O2/c22-13-15-3-5-16(6-4-15)17-7-8-20-19(12-17)23-21(26-20)9-11-24-10-1-2-18(24)14-25/h3-8,12,18,25H,1-2,9-11,14H2/t18-/m0/s1. The number of aliphatic hydroxyl groups excluding tert-OH is 1. The van der Waals surface area contributed by atoms with Crippen molar-refractivity contribution in [1.82, 2.24) is 9.88 Å². The van der Waals surface area contributed by atoms with E-state index >= 15 is 0 Å². The molecule has 0 amide bonds. The molecular weight excluding hydrogens is 326 g/mol. The third-order valence-corrected chi connectivity index (χ3v) is 5.10. The molecule has 3 aromatic rings. The molecule has 132 valence electrons. The highest BCUT2D eigenvalue weighted by Crippen LogP contribution is 2.26. The average Bonchev–Trinajstić information content (AvgIpc) is 3.31. The van der Waals surface area contributed by atoms with E-state index in [2.05, 4.69) is 16.0 Å². The number of aromatic nitrogens is 1. The zero-order valence-electron chi connectivity index (χ0n) is 14.6. The Labute approximate surface area is 152 Å². The van der Waals surface area contributed by atoms with Crippen LogP contribution in [0.5, 0.6) is 0 Å². The topological polar surface area (TPSA) is 73.3 Å². The second-order valence-corrected chi connectivity index (χ2v) is 6.74. The molecule has 0 saturated carbocycles. The van der Waals surface area contributed by atoms with Crippen LogP contribution in [0.1, 0.15) is 24.3 Å². The van der Waals surface area contributed by atoms with Gasteiger partial charge in [-0.15, -0.1) is 0 Å². The molecule has 1 N–H and O–H groups in total. The molecule has 5 heteroatoms. The van der Waals surface area contributed by atoms with Crippen LogP contribution in [0, 0.1) is 11.3 Å². The number of fused-ring (bicyclic) bond motifs is 1. The minimum atomic E-state index is 0.224. The summed E-state index contributed by atoms with van der Waals surface area (Å²) in [7, 11) is 0. The Morgan fingerprint density at radius 2 is 2.00 bits per heavy atom. The highest BCUT2D eigenvalue weighted by Gasteiger charge is 2.23. The van der Waals surface area contributed by atoms with Crippen molar-refractivity contribution in [3.8, 4) is 17.2 Å². The van der Waals surface area contributed by atoms with Gasteiger partial charge in [0.25, 0.3) is 0 Å². The number of hydrogen-bond donors (Lipinski definition) is 1. The minimum Gasteiger partial charge on any atom is -0.441 e. The lowest BCUT2D eigenvalue weighted by molar-refractivity contribution is 0.158. The van der Waals surface area contributed by atoms with Crippen molar-refractivity contribution in [1.29, 1.82) is 5.26 Å². The van der Waals surface area contributed by atoms with Gasteiger partial charge in [0.05, 0.1) is 18.2 Å². The van der Waals surface area contributed by atoms with Gasteiger partial charge in [-0.3, -0.25) is 4.90 Å². The van der Waals surface area contributed by atoms with E-state index in [1.54, 1.807) is 0 Å². The number of likely N-dealkylation sites (tertiary alicyclic amines) is 1. The van der Waals surface area contributed by atoms with Crippen molar-refractivity contribution < 1.29 is 9.52 Å². The number of hydrogen-bond acceptors (Lipinski definition) is 5. The summed E-state index contributed by atoms with van der Waals surface area (Å²) in [5.41, 5.74) is 4.40. The van der Waals surface area contributed by atoms with Gasteiger partial charge in [-0.05, 0) is 54.8 Å². The van der Waals surface area contributed by atoms with Crippen molar-refractivity contribution in [3.63, 3.8) is 0 Å². The quantitative estimate of drug-likeness (QED) is 0.766. The predicted molar refractivity (Wildman–Crippen MR) is 99.5 cm³/mol. The van der Waals surface area contributed by atoms with E-state index in [4.69, 9.17) is 9.68 Å². The maximum absolute atomic E-state index is 9.42. The third kappa shape index (κ3) is 3.34. The molecule has 0 aliphatic carbocycles. The number of benzene rings is 2. The highest BCUT2D eigenvalue weighted by atomic mass is 16.3. The Morgan fingerprint density at radius 3 is 2.77 bits per heavy atom. The summed E-state index contributed by atoms with van der Waals surface area (Å²) in [4.78, 5) is 6.95. The van der Waals surface area contributed by atoms with Crippen molar-refractivity contribution in [2.24, 2.45) is 0 Å². The number of oxazole rings is 1. The fourth-order valence-corrected chi connectivity index (χ4v) is 3.63. The van der Waals surface area contributed by atoms with Crippen LogP contribution in [0.15, 0.2) is 46.9 Å². The number of rotatable bonds is 5. The summed E-state index contributed by atoms with van der Waals surface area (Å²) in [6.07, 6.45) is 2.96. The van der Waals surface area contributed by atoms with E-state index < -0.39 is 0 Å². The molecule has 1 aliphatic heterocycles. The molecule has 1 aromatic heterocycles. The summed E-state index contributed by atoms with van der Waals surface area (Å²) < 4.78 is 5.88. The van der Waals surface area contributed by atoms with Gasteiger partial charge in [0.2, 0.25) is 0 Å². The molecule has 2 aromatic carbocycles. The normalized spacial score (nSPS) is 17.6. The van der Waals surface area contributed by atoms with Gasteiger partial charge in [-0.25, -0.2) is 4.98 Å². The Hall–Kier alpha value is -2.68. The monoisotopic (exact) mass is 347 g/mol. The molecule has 0 unspecified atom stereocenters. The average molecular weight is 347 g/mol. The molecule has 4 rings (SSSR count). The number of aliphatic hydroxyl groups is 1. The molecule has 0 bridgehead atoms. The van der Waals surface area contributed by atoms with Gasteiger partial charge in [-0.1, -0.05) is 18.2 Å². The van der Waals surface area contributed by atoms with Crippen LogP contribution in [0.3, 0.4) is 0 Å². The molecule has 1 saturated heterocycles. The predicted octanol–water partition coefficient (Wildman–Crippen LogP) is 3.37. The second-order valence-electron chi connectivity index (χ2n) is 6.74. The SMILES string of the molecule is N#Cc1ccc(-c2ccc3oc(CCN4CCC[C@H]4CO)nc3c2)cc1. The lowest BCUT2D eigenvalue weighted by Gasteiger charge is -2.21. The van der Waals surface area contributed by atoms with E-state index in [-0.39, 0.29) is 12.6 Å². The fraction of sp³-hybridized carbons (Fsp3) is 0.333. The molecule has 2 heterocycles. The molecule has 26 heavy (non-hydrogen) atoms. The second kappa shape index (κ2) is 7.28. The first kappa shape index (κ1) is 16.8. The van der Waals surface area contributed by atoms with Crippen LogP contribution in [0.25, 0.3) is 22.2 Å². The zero-order valence-corrected chi connectivity index (χ0v) is 14.6. The maximum Gasteiger partial charge on any atom is 0.196 e. The molecule has 1 fully saturated rings. The first-order chi connectivity index (χ1) is 12.8. The van der Waals surface area contributed by atoms with Crippen molar-refractivity contribution in [3.05, 3.63) is 53.9 Å². The first-order valence-corrected chi connectivity index (χ1v) is 9.02. The van der Waals surface area contributed by atoms with Crippen LogP contribution >= 0.6 is 0 Å². The Kier molecular flexibility index (Phi) is 4.70. The molecule has 0 radical (unpaired) electrons. The van der Waals surface area contributed by atoms with E-state index in [0.29, 0.717) is 5.56 Å². The highest BCUT2D eigenvalue weighted by molar-refractivity contribution is 5.80. The van der Waals surface area contributed by atoms with E-state index in [1.165, 1.54) is 0 Å². The molecular formula is C21H21N3O2. The van der Waals surface area contributed by atoms with Gasteiger partial charge in [0, 0.05) is 19.0 Å². The zero-order chi connectivity index (χ0) is 17.9. The summed E-state index contributed by atoms with van der Waals surface area (Å²) in [6, 6.07) is 15.9. The smallest absolute Gasteiger partial charge is 0.196 e. The van der Waals surface area contributed by atoms with Crippen LogP contribution in [0.2, 0.25) is 0 Å². The summed E-state index contributed by atoms with van der Waals surface area (Å²) >= 11 is 0. The molecule has 0 spiro atoms. The lowest BCUT2D eigenvalue weighted by atomic mass is 10.0. The molecule has 1 atom stereocenters. The summed E-state index contributed by atoms with van der Waals surface area (Å²) in [5, 5.41) is 18.3. The van der Waals surface area contributed by atoms with E-state index in [9.17, 15) is 5.11 Å². The van der Waals surface area contributed by atoms with Crippen LogP contribution in [-0.2, 0) is 6.42 Å². The lowest BCUT2D eigenvalue weighted by Crippen LogP contribution is -2.33. The maximum atomic E-state index is 9.42. The van der Waals surface area contributed by atoms with Gasteiger partial charge < -0.3 is 9.52 Å². The summed E-state index contributed by atoms with van der Waals surface area (Å²) in [5.74, 6) is 0.737. The minimum absolute atomic E-state index is 0.224. The van der Waals surface area contributed by atoms with Crippen LogP contribution < -0.4 is 0 Å². The molecule has 1 aliphatic rings. The van der Waals surface area contributed by atoms with Gasteiger partial charge >= 0.3 is 0 Å². The van der Waals surface area contributed by atoms with Crippen LogP contribution in [0.4, 0.5) is 0 Å². The van der Waals surface area contributed by atoms with Gasteiger partial charge in [-0.2, -0.15) is 5.26 Å². The van der Waals surface area contributed by atoms with Gasteiger partial charge in [0.1, 0.15) is 5.52 Å². The van der Waals surface area contributed by atoms with E-state index in [0.717, 1.165) is 60.5 Å². The van der Waals surface area contributed by atoms with Crippen molar-refractivity contribution >= 4 is 11.1 Å². The van der Waals surface area contributed by atoms with Crippen LogP contribution in [-0.4, -0.2) is 40.7 Å². The van der Waals surface area contributed by atoms with Crippen molar-refractivity contribution in [2.45, 2.75) is 25.3 Å². The Balaban J connectivity index is 1.51. The first-order valence-electron chi connectivity index (χ1n) is 9.02. The van der Waals surface area contributed by atoms with E-state index in [1.807, 2.05) is 42.5 Å². The molecule has 5 nitrogen and oxygen atoms in total. The number of nitriles is 1. The Morgan fingerprint density at radius 1 is 1.19 bits per heavy atom. The van der Waals surface area contributed by atoms with Crippen molar-refractivity contribution in [2.75, 3.05) is 19.7 Å². The van der Waals surface area contributed by atoms with Gasteiger partial charge in [0.15, 0.2) is 11.5 Å². The third-order valence-electron chi connectivity index (χ3n) is 5.10. The Bertz CT molecular complexity index is 940.